The van der Waals surface area contributed by atoms with Gasteiger partial charge in [0, 0.05) is 13.0 Å². The van der Waals surface area contributed by atoms with E-state index in [0.717, 1.165) is 49.5 Å². The first-order chi connectivity index (χ1) is 15.4. The minimum Gasteiger partial charge on any atom is -0.355 e. The molecule has 184 valence electrons. The van der Waals surface area contributed by atoms with E-state index in [-0.39, 0.29) is 18.2 Å². The van der Waals surface area contributed by atoms with E-state index in [1.54, 1.807) is 0 Å². The van der Waals surface area contributed by atoms with Crippen molar-refractivity contribution < 1.29 is 17.4 Å². The van der Waals surface area contributed by atoms with Crippen LogP contribution in [0.4, 0.5) is 0 Å². The lowest BCUT2D eigenvalue weighted by Crippen LogP contribution is -2.49. The number of carbonyl (C=O) groups is 1. The lowest BCUT2D eigenvalue weighted by atomic mass is 9.48. The fraction of sp³-hybridized carbons (Fsp3) is 0.962. The predicted octanol–water partition coefficient (Wildman–Crippen LogP) is 5.30. The zero-order valence-corrected chi connectivity index (χ0v) is 21.1. The third-order valence-electron chi connectivity index (χ3n) is 10.2. The van der Waals surface area contributed by atoms with Gasteiger partial charge in [0.25, 0.3) is 10.1 Å². The van der Waals surface area contributed by atoms with Crippen molar-refractivity contribution in [3.63, 3.8) is 0 Å². The van der Waals surface area contributed by atoms with Gasteiger partial charge in [0.2, 0.25) is 5.91 Å². The number of amides is 1. The molecule has 6 heteroatoms. The van der Waals surface area contributed by atoms with Crippen LogP contribution in [0.15, 0.2) is 0 Å². The first kappa shape index (κ1) is 24.5. The Labute approximate surface area is 195 Å². The van der Waals surface area contributed by atoms with Gasteiger partial charge >= 0.3 is 0 Å². The Morgan fingerprint density at radius 3 is 2.62 bits per heavy atom. The Kier molecular flexibility index (Phi) is 7.91. The Balaban J connectivity index is 1.28. The van der Waals surface area contributed by atoms with E-state index in [1.165, 1.54) is 70.6 Å². The zero-order chi connectivity index (χ0) is 22.8. The van der Waals surface area contributed by atoms with Crippen molar-refractivity contribution in [2.45, 2.75) is 96.8 Å². The quantitative estimate of drug-likeness (QED) is 0.467. The summed E-state index contributed by atoms with van der Waals surface area (Å²) in [5.41, 5.74) is 0.520. The molecule has 1 amide bonds. The van der Waals surface area contributed by atoms with Gasteiger partial charge in [-0.2, -0.15) is 8.42 Å². The molecule has 0 radical (unpaired) electrons. The van der Waals surface area contributed by atoms with E-state index in [2.05, 4.69) is 16.4 Å². The molecule has 0 bridgehead atoms. The maximum Gasteiger partial charge on any atom is 0.268 e. The van der Waals surface area contributed by atoms with Crippen LogP contribution in [0.5, 0.6) is 0 Å². The molecule has 7 atom stereocenters. The average molecular weight is 468 g/mol. The summed E-state index contributed by atoms with van der Waals surface area (Å²) in [5.74, 6) is 5.44. The van der Waals surface area contributed by atoms with Crippen molar-refractivity contribution in [2.75, 3.05) is 19.4 Å². The van der Waals surface area contributed by atoms with Crippen molar-refractivity contribution in [3.05, 3.63) is 0 Å². The maximum absolute atomic E-state index is 12.2. The summed E-state index contributed by atoms with van der Waals surface area (Å²) in [6.45, 7) is 2.59. The molecule has 5 nitrogen and oxygen atoms in total. The summed E-state index contributed by atoms with van der Waals surface area (Å²) >= 11 is 0. The van der Waals surface area contributed by atoms with Crippen LogP contribution in [0.2, 0.25) is 0 Å². The van der Waals surface area contributed by atoms with Crippen LogP contribution < -0.4 is 5.32 Å². The van der Waals surface area contributed by atoms with Crippen LogP contribution in [0, 0.1) is 40.9 Å². The number of nitrogens with one attached hydrogen (secondary N) is 1. The molecule has 4 rings (SSSR count). The Hall–Kier alpha value is -0.620. The summed E-state index contributed by atoms with van der Waals surface area (Å²) in [5, 5.41) is 2.74. The van der Waals surface area contributed by atoms with Gasteiger partial charge < -0.3 is 5.32 Å². The SMILES string of the molecule is COS(=O)(=O)CCNC(=O)CCCC(C)C12CCCC1C1CCC3CCCCC3C1CC2. The van der Waals surface area contributed by atoms with E-state index in [0.29, 0.717) is 17.8 Å². The molecule has 7 unspecified atom stereocenters. The Morgan fingerprint density at radius 1 is 1.00 bits per heavy atom. The lowest BCUT2D eigenvalue weighted by molar-refractivity contribution is -0.121. The van der Waals surface area contributed by atoms with Gasteiger partial charge in [0.15, 0.2) is 0 Å². The average Bonchev–Trinajstić information content (AvgIpc) is 3.24. The first-order valence-corrected chi connectivity index (χ1v) is 15.0. The summed E-state index contributed by atoms with van der Waals surface area (Å²) in [6.07, 6.45) is 18.6. The van der Waals surface area contributed by atoms with E-state index in [9.17, 15) is 13.2 Å². The minimum absolute atomic E-state index is 0.0386. The number of hydrogen-bond acceptors (Lipinski definition) is 4. The Bertz CT molecular complexity index is 753. The molecule has 1 N–H and O–H groups in total. The second kappa shape index (κ2) is 10.3. The predicted molar refractivity (Wildman–Crippen MR) is 127 cm³/mol. The molecule has 4 saturated carbocycles. The van der Waals surface area contributed by atoms with Gasteiger partial charge in [-0.05, 0) is 98.7 Å². The third kappa shape index (κ3) is 5.06. The van der Waals surface area contributed by atoms with Crippen molar-refractivity contribution in [3.8, 4) is 0 Å². The van der Waals surface area contributed by atoms with Gasteiger partial charge in [-0.25, -0.2) is 0 Å². The number of carbonyl (C=O) groups excluding carboxylic acids is 1. The van der Waals surface area contributed by atoms with Crippen LogP contribution in [0.3, 0.4) is 0 Å². The molecule has 0 aromatic carbocycles. The van der Waals surface area contributed by atoms with Crippen LogP contribution in [0.1, 0.15) is 96.8 Å². The monoisotopic (exact) mass is 467 g/mol. The van der Waals surface area contributed by atoms with Gasteiger partial charge in [-0.3, -0.25) is 8.98 Å². The fourth-order valence-corrected chi connectivity index (χ4v) is 9.25. The van der Waals surface area contributed by atoms with E-state index in [4.69, 9.17) is 0 Å². The van der Waals surface area contributed by atoms with Crippen molar-refractivity contribution >= 4 is 16.0 Å². The van der Waals surface area contributed by atoms with Crippen molar-refractivity contribution in [2.24, 2.45) is 40.9 Å². The molecule has 4 aliphatic rings. The third-order valence-corrected chi connectivity index (χ3v) is 11.5. The number of rotatable bonds is 9. The molecular weight excluding hydrogens is 422 g/mol. The Morgan fingerprint density at radius 2 is 1.81 bits per heavy atom. The number of fused-ring (bicyclic) bond motifs is 5. The van der Waals surface area contributed by atoms with E-state index in [1.807, 2.05) is 0 Å². The molecule has 0 aliphatic heterocycles. The van der Waals surface area contributed by atoms with Gasteiger partial charge in [-0.1, -0.05) is 32.6 Å². The molecule has 4 fully saturated rings. The maximum atomic E-state index is 12.2. The van der Waals surface area contributed by atoms with E-state index < -0.39 is 10.1 Å². The highest BCUT2D eigenvalue weighted by molar-refractivity contribution is 7.86. The van der Waals surface area contributed by atoms with Crippen LogP contribution >= 0.6 is 0 Å². The summed E-state index contributed by atoms with van der Waals surface area (Å²) in [6, 6.07) is 0. The molecule has 0 aromatic rings. The molecule has 0 aromatic heterocycles. The highest BCUT2D eigenvalue weighted by Gasteiger charge is 2.56. The zero-order valence-electron chi connectivity index (χ0n) is 20.3. The molecular formula is C26H45NO4S. The summed E-state index contributed by atoms with van der Waals surface area (Å²) in [4.78, 5) is 12.2. The molecule has 0 spiro atoms. The minimum atomic E-state index is -3.51. The van der Waals surface area contributed by atoms with Crippen LogP contribution in [0.25, 0.3) is 0 Å². The number of hydrogen-bond donors (Lipinski definition) is 1. The van der Waals surface area contributed by atoms with Crippen molar-refractivity contribution in [1.29, 1.82) is 0 Å². The second-order valence-electron chi connectivity index (χ2n) is 11.5. The highest BCUT2D eigenvalue weighted by Crippen LogP contribution is 2.65. The first-order valence-electron chi connectivity index (χ1n) is 13.4. The van der Waals surface area contributed by atoms with E-state index >= 15 is 0 Å². The molecule has 0 saturated heterocycles. The largest absolute Gasteiger partial charge is 0.355 e. The molecule has 0 heterocycles. The summed E-state index contributed by atoms with van der Waals surface area (Å²) < 4.78 is 27.2. The molecule has 32 heavy (non-hydrogen) atoms. The van der Waals surface area contributed by atoms with Crippen LogP contribution in [-0.2, 0) is 19.1 Å². The van der Waals surface area contributed by atoms with Gasteiger partial charge in [0.05, 0.1) is 12.9 Å². The van der Waals surface area contributed by atoms with Crippen molar-refractivity contribution in [1.82, 2.24) is 5.32 Å². The van der Waals surface area contributed by atoms with Crippen LogP contribution in [-0.4, -0.2) is 33.7 Å². The van der Waals surface area contributed by atoms with Gasteiger partial charge in [-0.15, -0.1) is 0 Å². The topological polar surface area (TPSA) is 72.5 Å². The second-order valence-corrected chi connectivity index (χ2v) is 13.3. The fourth-order valence-electron chi connectivity index (χ4n) is 8.74. The molecule has 4 aliphatic carbocycles. The standard InChI is InChI=1S/C26H45NO4S/c1-19(7-5-11-25(28)27-17-18-32(29,30)31-2)26-15-6-10-24(26)23-13-12-20-8-3-4-9-21(20)22(23)14-16-26/h19-24H,3-18H2,1-2H3,(H,27,28). The highest BCUT2D eigenvalue weighted by atomic mass is 32.2. The summed E-state index contributed by atoms with van der Waals surface area (Å²) in [7, 11) is -2.35. The normalized spacial score (nSPS) is 37.8. The smallest absolute Gasteiger partial charge is 0.268 e. The van der Waals surface area contributed by atoms with Gasteiger partial charge in [0.1, 0.15) is 0 Å². The lowest BCUT2D eigenvalue weighted by Gasteiger charge is -2.57.